The van der Waals surface area contributed by atoms with Gasteiger partial charge in [-0.3, -0.25) is 9.20 Å². The van der Waals surface area contributed by atoms with Crippen molar-refractivity contribution in [3.63, 3.8) is 0 Å². The number of hydrogen-bond donors (Lipinski definition) is 1. The normalized spacial score (nSPS) is 12.0. The van der Waals surface area contributed by atoms with Crippen LogP contribution in [-0.2, 0) is 6.61 Å². The zero-order valence-electron chi connectivity index (χ0n) is 16.7. The van der Waals surface area contributed by atoms with Crippen LogP contribution >= 0.6 is 0 Å². The SMILES string of the molecule is Cc1cc(OCc2c(F)cccc2F)c2nc(C)c(C(=O)CC(CO)CC#N)n2c1. The first-order chi connectivity index (χ1) is 14.3. The third-order valence-electron chi connectivity index (χ3n) is 4.81. The molecule has 0 saturated carbocycles. The molecule has 1 unspecified atom stereocenters. The molecule has 0 amide bonds. The van der Waals surface area contributed by atoms with Gasteiger partial charge >= 0.3 is 0 Å². The number of imidazole rings is 1. The van der Waals surface area contributed by atoms with Gasteiger partial charge in [0.2, 0.25) is 0 Å². The van der Waals surface area contributed by atoms with E-state index in [1.807, 2.05) is 6.07 Å². The maximum Gasteiger partial charge on any atom is 0.181 e. The third-order valence-corrected chi connectivity index (χ3v) is 4.81. The van der Waals surface area contributed by atoms with Crippen molar-refractivity contribution in [2.45, 2.75) is 33.3 Å². The second-order valence-electron chi connectivity index (χ2n) is 7.15. The Morgan fingerprint density at radius 3 is 2.67 bits per heavy atom. The molecule has 0 bridgehead atoms. The van der Waals surface area contributed by atoms with Crippen molar-refractivity contribution in [3.8, 4) is 11.8 Å². The molecule has 30 heavy (non-hydrogen) atoms. The van der Waals surface area contributed by atoms with Crippen LogP contribution in [0.25, 0.3) is 5.65 Å². The Kier molecular flexibility index (Phi) is 6.43. The molecule has 1 aromatic carbocycles. The zero-order valence-corrected chi connectivity index (χ0v) is 16.7. The first-order valence-electron chi connectivity index (χ1n) is 9.41. The van der Waals surface area contributed by atoms with Crippen molar-refractivity contribution >= 4 is 11.4 Å². The van der Waals surface area contributed by atoms with Crippen molar-refractivity contribution in [2.24, 2.45) is 5.92 Å². The number of carbonyl (C=O) groups is 1. The average molecular weight is 413 g/mol. The number of pyridine rings is 1. The summed E-state index contributed by atoms with van der Waals surface area (Å²) in [5, 5.41) is 18.2. The van der Waals surface area contributed by atoms with Crippen molar-refractivity contribution in [1.82, 2.24) is 9.38 Å². The highest BCUT2D eigenvalue weighted by atomic mass is 19.1. The molecule has 1 atom stereocenters. The first kappa shape index (κ1) is 21.4. The number of aliphatic hydroxyl groups excluding tert-OH is 1. The van der Waals surface area contributed by atoms with E-state index in [0.29, 0.717) is 17.0 Å². The molecule has 2 aromatic heterocycles. The summed E-state index contributed by atoms with van der Waals surface area (Å²) in [4.78, 5) is 17.3. The quantitative estimate of drug-likeness (QED) is 0.566. The molecule has 3 rings (SSSR count). The van der Waals surface area contributed by atoms with Gasteiger partial charge in [-0.25, -0.2) is 13.8 Å². The summed E-state index contributed by atoms with van der Waals surface area (Å²) in [6.45, 7) is 2.87. The van der Waals surface area contributed by atoms with Gasteiger partial charge in [-0.05, 0) is 37.6 Å². The second kappa shape index (κ2) is 9.01. The van der Waals surface area contributed by atoms with Crippen LogP contribution in [0, 0.1) is 42.7 Å². The molecule has 0 aliphatic rings. The number of ketones is 1. The van der Waals surface area contributed by atoms with Gasteiger partial charge in [-0.1, -0.05) is 6.07 Å². The number of aromatic nitrogens is 2. The van der Waals surface area contributed by atoms with E-state index in [-0.39, 0.29) is 43.2 Å². The van der Waals surface area contributed by atoms with Gasteiger partial charge in [0.25, 0.3) is 0 Å². The van der Waals surface area contributed by atoms with Crippen LogP contribution in [0.5, 0.6) is 5.75 Å². The molecule has 0 aliphatic heterocycles. The van der Waals surface area contributed by atoms with Crippen molar-refractivity contribution in [1.29, 1.82) is 5.26 Å². The lowest BCUT2D eigenvalue weighted by atomic mass is 9.98. The topological polar surface area (TPSA) is 87.6 Å². The van der Waals surface area contributed by atoms with E-state index in [0.717, 1.165) is 17.7 Å². The molecule has 156 valence electrons. The molecule has 0 radical (unpaired) electrons. The fourth-order valence-electron chi connectivity index (χ4n) is 3.31. The fraction of sp³-hybridized carbons (Fsp3) is 0.318. The Morgan fingerprint density at radius 2 is 2.03 bits per heavy atom. The number of carbonyl (C=O) groups excluding carboxylic acids is 1. The molecule has 0 saturated heterocycles. The van der Waals surface area contributed by atoms with Gasteiger partial charge in [0.15, 0.2) is 17.2 Å². The molecule has 6 nitrogen and oxygen atoms in total. The Morgan fingerprint density at radius 1 is 1.33 bits per heavy atom. The second-order valence-corrected chi connectivity index (χ2v) is 7.15. The van der Waals surface area contributed by atoms with Crippen molar-refractivity contribution < 1.29 is 23.4 Å². The molecule has 0 fully saturated rings. The number of rotatable bonds is 8. The molecule has 8 heteroatoms. The van der Waals surface area contributed by atoms with Gasteiger partial charge in [-0.2, -0.15) is 5.26 Å². The smallest absolute Gasteiger partial charge is 0.181 e. The summed E-state index contributed by atoms with van der Waals surface area (Å²) < 4.78 is 35.1. The molecular formula is C22H21F2N3O3. The highest BCUT2D eigenvalue weighted by Crippen LogP contribution is 2.27. The number of nitriles is 1. The predicted octanol–water partition coefficient (Wildman–Crippen LogP) is 3.90. The Labute approximate surface area is 172 Å². The highest BCUT2D eigenvalue weighted by Gasteiger charge is 2.22. The summed E-state index contributed by atoms with van der Waals surface area (Å²) in [6, 6.07) is 7.24. The van der Waals surface area contributed by atoms with Crippen LogP contribution in [0.4, 0.5) is 8.78 Å². The van der Waals surface area contributed by atoms with Crippen LogP contribution < -0.4 is 4.74 Å². The number of halogens is 2. The standard InChI is InChI=1S/C22H21F2N3O3/c1-13-8-20(30-12-16-17(23)4-3-5-18(16)24)22-26-14(2)21(27(22)10-13)19(29)9-15(11-28)6-7-25/h3-5,8,10,15,28H,6,9,11-12H2,1-2H3. The summed E-state index contributed by atoms with van der Waals surface area (Å²) >= 11 is 0. The van der Waals surface area contributed by atoms with Gasteiger partial charge in [0.05, 0.1) is 17.3 Å². The van der Waals surface area contributed by atoms with Gasteiger partial charge in [0, 0.05) is 31.6 Å². The summed E-state index contributed by atoms with van der Waals surface area (Å²) in [6.07, 6.45) is 1.79. The van der Waals surface area contributed by atoms with Crippen LogP contribution in [0.3, 0.4) is 0 Å². The maximum absolute atomic E-state index is 13.9. The molecule has 0 spiro atoms. The van der Waals surface area contributed by atoms with E-state index >= 15 is 0 Å². The first-order valence-corrected chi connectivity index (χ1v) is 9.41. The van der Waals surface area contributed by atoms with Crippen LogP contribution in [0.2, 0.25) is 0 Å². The van der Waals surface area contributed by atoms with E-state index in [4.69, 9.17) is 10.00 Å². The fourth-order valence-corrected chi connectivity index (χ4v) is 3.31. The van der Waals surface area contributed by atoms with Gasteiger partial charge < -0.3 is 9.84 Å². The summed E-state index contributed by atoms with van der Waals surface area (Å²) in [5.41, 5.74) is 1.69. The lowest BCUT2D eigenvalue weighted by Crippen LogP contribution is -2.14. The lowest BCUT2D eigenvalue weighted by Gasteiger charge is -2.12. The lowest BCUT2D eigenvalue weighted by molar-refractivity contribution is 0.0931. The number of Topliss-reactive ketones (excluding diaryl/α,β-unsaturated/α-hetero) is 1. The van der Waals surface area contributed by atoms with Crippen LogP contribution in [0.15, 0.2) is 30.5 Å². The van der Waals surface area contributed by atoms with E-state index in [9.17, 15) is 18.7 Å². The van der Waals surface area contributed by atoms with E-state index in [1.165, 1.54) is 6.07 Å². The minimum Gasteiger partial charge on any atom is -0.485 e. The summed E-state index contributed by atoms with van der Waals surface area (Å²) in [5.74, 6) is -1.85. The van der Waals surface area contributed by atoms with E-state index < -0.39 is 17.6 Å². The number of fused-ring (bicyclic) bond motifs is 1. The monoisotopic (exact) mass is 413 g/mol. The molecule has 3 aromatic rings. The minimum absolute atomic E-state index is 0.00324. The number of aliphatic hydroxyl groups is 1. The largest absolute Gasteiger partial charge is 0.485 e. The number of benzene rings is 1. The minimum atomic E-state index is -0.707. The average Bonchev–Trinajstić information content (AvgIpc) is 3.02. The van der Waals surface area contributed by atoms with E-state index in [1.54, 1.807) is 30.5 Å². The Balaban J connectivity index is 1.96. The van der Waals surface area contributed by atoms with Crippen LogP contribution in [0.1, 0.15) is 40.2 Å². The molecule has 1 N–H and O–H groups in total. The molecular weight excluding hydrogens is 392 g/mol. The number of nitrogens with zero attached hydrogens (tertiary/aromatic N) is 3. The third kappa shape index (κ3) is 4.31. The van der Waals surface area contributed by atoms with Crippen LogP contribution in [-0.4, -0.2) is 26.9 Å². The predicted molar refractivity (Wildman–Crippen MR) is 105 cm³/mol. The van der Waals surface area contributed by atoms with Gasteiger partial charge in [-0.15, -0.1) is 0 Å². The van der Waals surface area contributed by atoms with E-state index in [2.05, 4.69) is 4.98 Å². The van der Waals surface area contributed by atoms with Crippen molar-refractivity contribution in [3.05, 3.63) is 64.6 Å². The highest BCUT2D eigenvalue weighted by molar-refractivity contribution is 5.97. The Hall–Kier alpha value is -3.31. The molecule has 2 heterocycles. The zero-order chi connectivity index (χ0) is 21.8. The number of aryl methyl sites for hydroxylation is 2. The van der Waals surface area contributed by atoms with Gasteiger partial charge in [0.1, 0.15) is 23.9 Å². The van der Waals surface area contributed by atoms with Crippen molar-refractivity contribution in [2.75, 3.05) is 6.61 Å². The molecule has 0 aliphatic carbocycles. The summed E-state index contributed by atoms with van der Waals surface area (Å²) in [7, 11) is 0. The Bertz CT molecular complexity index is 1110. The maximum atomic E-state index is 13.9. The number of hydrogen-bond acceptors (Lipinski definition) is 5. The number of ether oxygens (including phenoxy) is 1.